The first kappa shape index (κ1) is 14.4. The van der Waals surface area contributed by atoms with Crippen molar-refractivity contribution in [3.8, 4) is 0 Å². The van der Waals surface area contributed by atoms with Gasteiger partial charge in [0.25, 0.3) is 0 Å². The summed E-state index contributed by atoms with van der Waals surface area (Å²) in [7, 11) is 0. The average molecular weight is 288 g/mol. The van der Waals surface area contributed by atoms with Crippen LogP contribution in [0.2, 0.25) is 0 Å². The Kier molecular flexibility index (Phi) is 4.44. The molecule has 1 heterocycles. The van der Waals surface area contributed by atoms with Gasteiger partial charge in [-0.1, -0.05) is 37.3 Å². The first-order chi connectivity index (χ1) is 10.2. The highest BCUT2D eigenvalue weighted by molar-refractivity contribution is 5.75. The summed E-state index contributed by atoms with van der Waals surface area (Å²) in [6, 6.07) is 10.7. The highest BCUT2D eigenvalue weighted by Gasteiger charge is 2.36. The van der Waals surface area contributed by atoms with Crippen LogP contribution in [0.1, 0.15) is 25.3 Å². The van der Waals surface area contributed by atoms with E-state index < -0.39 is 0 Å². The van der Waals surface area contributed by atoms with E-state index in [4.69, 9.17) is 4.74 Å². The van der Waals surface area contributed by atoms with Gasteiger partial charge in [-0.2, -0.15) is 0 Å². The van der Waals surface area contributed by atoms with Gasteiger partial charge in [0.05, 0.1) is 13.2 Å². The molecule has 1 aliphatic heterocycles. The smallest absolute Gasteiger partial charge is 0.317 e. The van der Waals surface area contributed by atoms with Gasteiger partial charge >= 0.3 is 6.03 Å². The number of amides is 2. The Morgan fingerprint density at radius 3 is 2.86 bits per heavy atom. The molecule has 3 atom stereocenters. The Labute approximate surface area is 126 Å². The average Bonchev–Trinajstić information content (AvgIpc) is 3.00. The summed E-state index contributed by atoms with van der Waals surface area (Å²) in [5, 5.41) is 3.09. The maximum absolute atomic E-state index is 12.1. The number of benzene rings is 1. The van der Waals surface area contributed by atoms with Crippen molar-refractivity contribution in [1.29, 1.82) is 0 Å². The maximum atomic E-state index is 12.1. The molecule has 1 aromatic rings. The SMILES string of the molecule is CC1CC1NC(=O)N1CCC(COCc2ccccc2)C1. The first-order valence-electron chi connectivity index (χ1n) is 7.89. The summed E-state index contributed by atoms with van der Waals surface area (Å²) < 4.78 is 5.78. The lowest BCUT2D eigenvalue weighted by atomic mass is 10.1. The van der Waals surface area contributed by atoms with E-state index in [9.17, 15) is 4.79 Å². The second-order valence-corrected chi connectivity index (χ2v) is 6.37. The molecule has 1 aromatic carbocycles. The van der Waals surface area contributed by atoms with E-state index in [1.54, 1.807) is 0 Å². The van der Waals surface area contributed by atoms with Crippen molar-refractivity contribution in [2.45, 2.75) is 32.4 Å². The third-order valence-electron chi connectivity index (χ3n) is 4.46. The minimum atomic E-state index is 0.106. The fraction of sp³-hybridized carbons (Fsp3) is 0.588. The Hall–Kier alpha value is -1.55. The monoisotopic (exact) mass is 288 g/mol. The van der Waals surface area contributed by atoms with Crippen LogP contribution < -0.4 is 5.32 Å². The summed E-state index contributed by atoms with van der Waals surface area (Å²) in [5.74, 6) is 1.12. The molecule has 0 radical (unpaired) electrons. The van der Waals surface area contributed by atoms with Gasteiger partial charge in [-0.15, -0.1) is 0 Å². The Morgan fingerprint density at radius 1 is 1.38 bits per heavy atom. The molecule has 2 aliphatic rings. The van der Waals surface area contributed by atoms with Crippen molar-refractivity contribution < 1.29 is 9.53 Å². The van der Waals surface area contributed by atoms with Crippen molar-refractivity contribution in [2.75, 3.05) is 19.7 Å². The number of carbonyl (C=O) groups excluding carboxylic acids is 1. The Morgan fingerprint density at radius 2 is 2.14 bits per heavy atom. The predicted molar refractivity (Wildman–Crippen MR) is 81.9 cm³/mol. The van der Waals surface area contributed by atoms with E-state index >= 15 is 0 Å². The fourth-order valence-electron chi connectivity index (χ4n) is 2.84. The van der Waals surface area contributed by atoms with Crippen LogP contribution >= 0.6 is 0 Å². The van der Waals surface area contributed by atoms with Gasteiger partial charge < -0.3 is 15.0 Å². The van der Waals surface area contributed by atoms with E-state index in [1.807, 2.05) is 23.1 Å². The minimum absolute atomic E-state index is 0.106. The molecule has 2 amide bonds. The zero-order chi connectivity index (χ0) is 14.7. The van der Waals surface area contributed by atoms with E-state index in [-0.39, 0.29) is 6.03 Å². The molecule has 0 aromatic heterocycles. The minimum Gasteiger partial charge on any atom is -0.376 e. The lowest BCUT2D eigenvalue weighted by Crippen LogP contribution is -2.40. The summed E-state index contributed by atoms with van der Waals surface area (Å²) in [6.45, 7) is 5.24. The normalized spacial score (nSPS) is 27.7. The molecular weight excluding hydrogens is 264 g/mol. The fourth-order valence-corrected chi connectivity index (χ4v) is 2.84. The zero-order valence-corrected chi connectivity index (χ0v) is 12.6. The predicted octanol–water partition coefficient (Wildman–Crippen LogP) is 2.64. The highest BCUT2D eigenvalue weighted by atomic mass is 16.5. The van der Waals surface area contributed by atoms with E-state index in [0.717, 1.165) is 32.5 Å². The molecule has 3 rings (SSSR count). The second kappa shape index (κ2) is 6.48. The van der Waals surface area contributed by atoms with Gasteiger partial charge in [0.15, 0.2) is 0 Å². The summed E-state index contributed by atoms with van der Waals surface area (Å²) in [6.07, 6.45) is 2.17. The van der Waals surface area contributed by atoms with Crippen molar-refractivity contribution in [3.63, 3.8) is 0 Å². The molecule has 4 nitrogen and oxygen atoms in total. The van der Waals surface area contributed by atoms with Crippen LogP contribution in [0, 0.1) is 11.8 Å². The number of hydrogen-bond acceptors (Lipinski definition) is 2. The quantitative estimate of drug-likeness (QED) is 0.905. The Bertz CT molecular complexity index is 477. The second-order valence-electron chi connectivity index (χ2n) is 6.37. The number of carbonyl (C=O) groups is 1. The van der Waals surface area contributed by atoms with Crippen molar-refractivity contribution in [2.24, 2.45) is 11.8 Å². The summed E-state index contributed by atoms with van der Waals surface area (Å²) in [4.78, 5) is 14.0. The van der Waals surface area contributed by atoms with E-state index in [1.165, 1.54) is 5.56 Å². The Balaban J connectivity index is 1.35. The molecule has 1 aliphatic carbocycles. The summed E-state index contributed by atoms with van der Waals surface area (Å²) >= 11 is 0. The van der Waals surface area contributed by atoms with Crippen LogP contribution in [-0.2, 0) is 11.3 Å². The van der Waals surface area contributed by atoms with Gasteiger partial charge in [-0.3, -0.25) is 0 Å². The van der Waals surface area contributed by atoms with Gasteiger partial charge in [0, 0.05) is 25.0 Å². The van der Waals surface area contributed by atoms with E-state index in [2.05, 4.69) is 24.4 Å². The third-order valence-corrected chi connectivity index (χ3v) is 4.46. The van der Waals surface area contributed by atoms with Gasteiger partial charge in [0.1, 0.15) is 0 Å². The van der Waals surface area contributed by atoms with Crippen LogP contribution in [0.5, 0.6) is 0 Å². The van der Waals surface area contributed by atoms with Crippen molar-refractivity contribution in [3.05, 3.63) is 35.9 Å². The van der Waals surface area contributed by atoms with Crippen LogP contribution in [-0.4, -0.2) is 36.7 Å². The van der Waals surface area contributed by atoms with Crippen molar-refractivity contribution in [1.82, 2.24) is 10.2 Å². The standard InChI is InChI=1S/C17H24N2O2/c1-13-9-16(13)18-17(20)19-8-7-15(10-19)12-21-11-14-5-3-2-4-6-14/h2-6,13,15-16H,7-12H2,1H3,(H,18,20). The van der Waals surface area contributed by atoms with Gasteiger partial charge in [-0.05, 0) is 24.3 Å². The molecule has 0 spiro atoms. The van der Waals surface area contributed by atoms with Crippen LogP contribution in [0.15, 0.2) is 30.3 Å². The molecule has 0 bridgehead atoms. The maximum Gasteiger partial charge on any atom is 0.317 e. The number of hydrogen-bond donors (Lipinski definition) is 1. The topological polar surface area (TPSA) is 41.6 Å². The third kappa shape index (κ3) is 3.97. The molecule has 1 saturated carbocycles. The lowest BCUT2D eigenvalue weighted by molar-refractivity contribution is 0.0897. The van der Waals surface area contributed by atoms with Crippen LogP contribution in [0.25, 0.3) is 0 Å². The number of nitrogens with zero attached hydrogens (tertiary/aromatic N) is 1. The van der Waals surface area contributed by atoms with Crippen molar-refractivity contribution >= 4 is 6.03 Å². The first-order valence-corrected chi connectivity index (χ1v) is 7.89. The molecule has 3 unspecified atom stereocenters. The molecule has 2 fully saturated rings. The van der Waals surface area contributed by atoms with E-state index in [0.29, 0.717) is 24.5 Å². The highest BCUT2D eigenvalue weighted by Crippen LogP contribution is 2.29. The van der Waals surface area contributed by atoms with Crippen LogP contribution in [0.3, 0.4) is 0 Å². The number of likely N-dealkylation sites (tertiary alicyclic amines) is 1. The summed E-state index contributed by atoms with van der Waals surface area (Å²) in [5.41, 5.74) is 1.20. The number of urea groups is 1. The molecule has 4 heteroatoms. The molecule has 1 saturated heterocycles. The molecular formula is C17H24N2O2. The molecule has 114 valence electrons. The van der Waals surface area contributed by atoms with Crippen LogP contribution in [0.4, 0.5) is 4.79 Å². The van der Waals surface area contributed by atoms with Gasteiger partial charge in [0.2, 0.25) is 0 Å². The lowest BCUT2D eigenvalue weighted by Gasteiger charge is -2.17. The number of ether oxygens (including phenoxy) is 1. The number of rotatable bonds is 5. The van der Waals surface area contributed by atoms with Gasteiger partial charge in [-0.25, -0.2) is 4.79 Å². The molecule has 1 N–H and O–H groups in total. The zero-order valence-electron chi connectivity index (χ0n) is 12.6. The number of nitrogens with one attached hydrogen (secondary N) is 1. The largest absolute Gasteiger partial charge is 0.376 e. The molecule has 21 heavy (non-hydrogen) atoms.